The maximum atomic E-state index is 12.8. The SMILES string of the molecule is CCCCC(C)Nc1ccc(F)cc1Br. The van der Waals surface area contributed by atoms with Gasteiger partial charge in [0.25, 0.3) is 0 Å². The molecule has 0 aliphatic carbocycles. The molecule has 0 radical (unpaired) electrons. The van der Waals surface area contributed by atoms with Gasteiger partial charge >= 0.3 is 0 Å². The minimum Gasteiger partial charge on any atom is -0.382 e. The summed E-state index contributed by atoms with van der Waals surface area (Å²) in [7, 11) is 0. The molecule has 1 aromatic rings. The Morgan fingerprint density at radius 3 is 2.80 bits per heavy atom. The van der Waals surface area contributed by atoms with Gasteiger partial charge in [0.2, 0.25) is 0 Å². The molecular formula is C12H17BrFN. The normalized spacial score (nSPS) is 12.5. The maximum absolute atomic E-state index is 12.8. The van der Waals surface area contributed by atoms with Crippen LogP contribution in [0, 0.1) is 5.82 Å². The average molecular weight is 274 g/mol. The molecule has 1 unspecified atom stereocenters. The smallest absolute Gasteiger partial charge is 0.124 e. The number of benzene rings is 1. The van der Waals surface area contributed by atoms with E-state index < -0.39 is 0 Å². The van der Waals surface area contributed by atoms with Crippen molar-refractivity contribution in [1.29, 1.82) is 0 Å². The first-order chi connectivity index (χ1) is 7.13. The highest BCUT2D eigenvalue weighted by molar-refractivity contribution is 9.10. The van der Waals surface area contributed by atoms with Crippen LogP contribution in [-0.2, 0) is 0 Å². The summed E-state index contributed by atoms with van der Waals surface area (Å²) in [5.74, 6) is -0.214. The summed E-state index contributed by atoms with van der Waals surface area (Å²) in [5, 5.41) is 3.36. The van der Waals surface area contributed by atoms with Crippen molar-refractivity contribution in [2.24, 2.45) is 0 Å². The van der Waals surface area contributed by atoms with Crippen LogP contribution in [0.4, 0.5) is 10.1 Å². The molecule has 0 aromatic heterocycles. The lowest BCUT2D eigenvalue weighted by Gasteiger charge is -2.15. The lowest BCUT2D eigenvalue weighted by atomic mass is 10.1. The van der Waals surface area contributed by atoms with Crippen LogP contribution in [0.15, 0.2) is 22.7 Å². The molecule has 0 saturated heterocycles. The number of nitrogens with one attached hydrogen (secondary N) is 1. The van der Waals surface area contributed by atoms with Crippen LogP contribution >= 0.6 is 15.9 Å². The van der Waals surface area contributed by atoms with E-state index in [0.717, 1.165) is 16.6 Å². The Balaban J connectivity index is 2.56. The molecule has 0 spiro atoms. The van der Waals surface area contributed by atoms with Gasteiger partial charge in [-0.15, -0.1) is 0 Å². The fourth-order valence-electron chi connectivity index (χ4n) is 1.45. The van der Waals surface area contributed by atoms with Crippen molar-refractivity contribution in [3.63, 3.8) is 0 Å². The van der Waals surface area contributed by atoms with E-state index >= 15 is 0 Å². The van der Waals surface area contributed by atoms with Crippen LogP contribution in [0.1, 0.15) is 33.1 Å². The first-order valence-corrected chi connectivity index (χ1v) is 6.14. The number of hydrogen-bond acceptors (Lipinski definition) is 1. The van der Waals surface area contributed by atoms with Gasteiger partial charge in [0.15, 0.2) is 0 Å². The van der Waals surface area contributed by atoms with Crippen molar-refractivity contribution >= 4 is 21.6 Å². The topological polar surface area (TPSA) is 12.0 Å². The summed E-state index contributed by atoms with van der Waals surface area (Å²) in [5.41, 5.74) is 0.958. The Labute approximate surface area is 99.2 Å². The fourth-order valence-corrected chi connectivity index (χ4v) is 1.92. The number of unbranched alkanes of at least 4 members (excludes halogenated alkanes) is 1. The third kappa shape index (κ3) is 4.20. The molecule has 1 rings (SSSR count). The second-order valence-electron chi connectivity index (χ2n) is 3.81. The van der Waals surface area contributed by atoms with Gasteiger partial charge < -0.3 is 5.32 Å². The van der Waals surface area contributed by atoms with Crippen molar-refractivity contribution in [3.8, 4) is 0 Å². The molecule has 1 aromatic carbocycles. The van der Waals surface area contributed by atoms with Gasteiger partial charge in [0.05, 0.1) is 0 Å². The van der Waals surface area contributed by atoms with Crippen molar-refractivity contribution < 1.29 is 4.39 Å². The molecule has 0 fully saturated rings. The van der Waals surface area contributed by atoms with E-state index in [2.05, 4.69) is 35.1 Å². The Morgan fingerprint density at radius 1 is 1.47 bits per heavy atom. The van der Waals surface area contributed by atoms with Gasteiger partial charge in [0.1, 0.15) is 5.82 Å². The lowest BCUT2D eigenvalue weighted by Crippen LogP contribution is -2.15. The van der Waals surface area contributed by atoms with Gasteiger partial charge in [-0.3, -0.25) is 0 Å². The van der Waals surface area contributed by atoms with E-state index in [-0.39, 0.29) is 5.82 Å². The molecule has 0 saturated carbocycles. The van der Waals surface area contributed by atoms with Crippen LogP contribution < -0.4 is 5.32 Å². The fraction of sp³-hybridized carbons (Fsp3) is 0.500. The standard InChI is InChI=1S/C12H17BrFN/c1-3-4-5-9(2)15-12-7-6-10(14)8-11(12)13/h6-9,15H,3-5H2,1-2H3. The highest BCUT2D eigenvalue weighted by Crippen LogP contribution is 2.24. The Hall–Kier alpha value is -0.570. The van der Waals surface area contributed by atoms with Crippen LogP contribution in [0.25, 0.3) is 0 Å². The predicted molar refractivity (Wildman–Crippen MR) is 66.7 cm³/mol. The summed E-state index contributed by atoms with van der Waals surface area (Å²) >= 11 is 3.34. The zero-order valence-corrected chi connectivity index (χ0v) is 10.8. The lowest BCUT2D eigenvalue weighted by molar-refractivity contribution is 0.625. The molecular weight excluding hydrogens is 257 g/mol. The molecule has 0 heterocycles. The molecule has 0 aliphatic heterocycles. The molecule has 15 heavy (non-hydrogen) atoms. The number of anilines is 1. The number of halogens is 2. The minimum atomic E-state index is -0.214. The molecule has 1 N–H and O–H groups in total. The summed E-state index contributed by atoms with van der Waals surface area (Å²) in [6.45, 7) is 4.33. The molecule has 0 aliphatic rings. The minimum absolute atomic E-state index is 0.214. The zero-order valence-electron chi connectivity index (χ0n) is 9.19. The van der Waals surface area contributed by atoms with Crippen LogP contribution in [0.2, 0.25) is 0 Å². The van der Waals surface area contributed by atoms with Crippen LogP contribution in [0.5, 0.6) is 0 Å². The van der Waals surface area contributed by atoms with Crippen molar-refractivity contribution in [2.45, 2.75) is 39.2 Å². The van der Waals surface area contributed by atoms with Crippen LogP contribution in [0.3, 0.4) is 0 Å². The zero-order chi connectivity index (χ0) is 11.3. The Morgan fingerprint density at radius 2 is 2.20 bits per heavy atom. The highest BCUT2D eigenvalue weighted by atomic mass is 79.9. The molecule has 3 heteroatoms. The van der Waals surface area contributed by atoms with Gasteiger partial charge in [-0.2, -0.15) is 0 Å². The van der Waals surface area contributed by atoms with E-state index in [1.807, 2.05) is 0 Å². The van der Waals surface area contributed by atoms with Gasteiger partial charge in [0, 0.05) is 16.2 Å². The third-order valence-corrected chi connectivity index (χ3v) is 2.98. The quantitative estimate of drug-likeness (QED) is 0.828. The number of hydrogen-bond donors (Lipinski definition) is 1. The second-order valence-corrected chi connectivity index (χ2v) is 4.67. The second kappa shape index (κ2) is 6.11. The highest BCUT2D eigenvalue weighted by Gasteiger charge is 2.05. The Bertz CT molecular complexity index is 314. The summed E-state index contributed by atoms with van der Waals surface area (Å²) in [6, 6.07) is 5.14. The molecule has 0 bridgehead atoms. The monoisotopic (exact) mass is 273 g/mol. The molecule has 0 amide bonds. The van der Waals surface area contributed by atoms with E-state index in [0.29, 0.717) is 6.04 Å². The van der Waals surface area contributed by atoms with E-state index in [9.17, 15) is 4.39 Å². The average Bonchev–Trinajstić information content (AvgIpc) is 2.19. The van der Waals surface area contributed by atoms with Gasteiger partial charge in [-0.25, -0.2) is 4.39 Å². The maximum Gasteiger partial charge on any atom is 0.124 e. The number of rotatable bonds is 5. The van der Waals surface area contributed by atoms with E-state index in [4.69, 9.17) is 0 Å². The van der Waals surface area contributed by atoms with Gasteiger partial charge in [-0.05, 0) is 47.5 Å². The summed E-state index contributed by atoms with van der Waals surface area (Å²) in [4.78, 5) is 0. The largest absolute Gasteiger partial charge is 0.382 e. The van der Waals surface area contributed by atoms with Gasteiger partial charge in [-0.1, -0.05) is 19.8 Å². The van der Waals surface area contributed by atoms with Crippen LogP contribution in [-0.4, -0.2) is 6.04 Å². The van der Waals surface area contributed by atoms with Crippen molar-refractivity contribution in [3.05, 3.63) is 28.5 Å². The van der Waals surface area contributed by atoms with E-state index in [1.165, 1.54) is 25.0 Å². The predicted octanol–water partition coefficient (Wildman–Crippen LogP) is 4.58. The third-order valence-electron chi connectivity index (χ3n) is 2.32. The molecule has 84 valence electrons. The van der Waals surface area contributed by atoms with Crippen molar-refractivity contribution in [1.82, 2.24) is 0 Å². The summed E-state index contributed by atoms with van der Waals surface area (Å²) < 4.78 is 13.6. The first-order valence-electron chi connectivity index (χ1n) is 5.35. The summed E-state index contributed by atoms with van der Waals surface area (Å²) in [6.07, 6.45) is 3.56. The molecule has 1 atom stereocenters. The first kappa shape index (κ1) is 12.5. The van der Waals surface area contributed by atoms with Crippen molar-refractivity contribution in [2.75, 3.05) is 5.32 Å². The van der Waals surface area contributed by atoms with E-state index in [1.54, 1.807) is 6.07 Å². The molecule has 1 nitrogen and oxygen atoms in total. The Kier molecular flexibility index (Phi) is 5.09.